The number of anilines is 2. The SMILES string of the molecule is CCC(C)CN(C)c1ccc(N)c2cccnc12. The van der Waals surface area contributed by atoms with Crippen LogP contribution in [-0.4, -0.2) is 18.6 Å². The fourth-order valence-electron chi connectivity index (χ4n) is 2.18. The van der Waals surface area contributed by atoms with Gasteiger partial charge in [0.25, 0.3) is 0 Å². The Balaban J connectivity index is 2.42. The largest absolute Gasteiger partial charge is 0.398 e. The van der Waals surface area contributed by atoms with Gasteiger partial charge in [-0.25, -0.2) is 0 Å². The van der Waals surface area contributed by atoms with Crippen LogP contribution in [0.15, 0.2) is 30.5 Å². The molecule has 0 bridgehead atoms. The minimum atomic E-state index is 0.673. The molecule has 0 aliphatic carbocycles. The molecule has 2 rings (SSSR count). The molecule has 0 fully saturated rings. The zero-order valence-corrected chi connectivity index (χ0v) is 11.4. The quantitative estimate of drug-likeness (QED) is 0.838. The third-order valence-electron chi connectivity index (χ3n) is 3.48. The number of hydrogen-bond acceptors (Lipinski definition) is 3. The Morgan fingerprint density at radius 2 is 2.11 bits per heavy atom. The molecule has 3 heteroatoms. The lowest BCUT2D eigenvalue weighted by Crippen LogP contribution is -2.24. The highest BCUT2D eigenvalue weighted by Gasteiger charge is 2.11. The molecular formula is C15H21N3. The van der Waals surface area contributed by atoms with Crippen molar-refractivity contribution in [3.63, 3.8) is 0 Å². The molecule has 0 spiro atoms. The van der Waals surface area contributed by atoms with Crippen LogP contribution in [0.4, 0.5) is 11.4 Å². The van der Waals surface area contributed by atoms with Gasteiger partial charge in [0, 0.05) is 30.9 Å². The lowest BCUT2D eigenvalue weighted by molar-refractivity contribution is 0.560. The summed E-state index contributed by atoms with van der Waals surface area (Å²) >= 11 is 0. The van der Waals surface area contributed by atoms with Crippen molar-refractivity contribution in [1.82, 2.24) is 4.98 Å². The van der Waals surface area contributed by atoms with Crippen molar-refractivity contribution < 1.29 is 0 Å². The summed E-state index contributed by atoms with van der Waals surface area (Å²) in [6, 6.07) is 7.98. The topological polar surface area (TPSA) is 42.1 Å². The number of fused-ring (bicyclic) bond motifs is 1. The van der Waals surface area contributed by atoms with Gasteiger partial charge in [-0.2, -0.15) is 0 Å². The summed E-state index contributed by atoms with van der Waals surface area (Å²) in [5, 5.41) is 1.03. The van der Waals surface area contributed by atoms with Crippen LogP contribution < -0.4 is 10.6 Å². The van der Waals surface area contributed by atoms with Gasteiger partial charge in [-0.05, 0) is 30.2 Å². The van der Waals surface area contributed by atoms with Crippen molar-refractivity contribution in [2.45, 2.75) is 20.3 Å². The molecule has 2 aromatic rings. The number of rotatable bonds is 4. The van der Waals surface area contributed by atoms with Crippen molar-refractivity contribution >= 4 is 22.3 Å². The van der Waals surface area contributed by atoms with E-state index in [-0.39, 0.29) is 0 Å². The minimum absolute atomic E-state index is 0.673. The van der Waals surface area contributed by atoms with Crippen molar-refractivity contribution in [2.75, 3.05) is 24.2 Å². The first-order valence-electron chi connectivity index (χ1n) is 6.47. The molecule has 0 amide bonds. The molecule has 0 aliphatic rings. The molecule has 0 radical (unpaired) electrons. The zero-order chi connectivity index (χ0) is 13.1. The van der Waals surface area contributed by atoms with E-state index in [1.807, 2.05) is 24.4 Å². The van der Waals surface area contributed by atoms with E-state index in [9.17, 15) is 0 Å². The molecule has 1 aromatic carbocycles. The predicted molar refractivity (Wildman–Crippen MR) is 78.9 cm³/mol. The van der Waals surface area contributed by atoms with Gasteiger partial charge >= 0.3 is 0 Å². The van der Waals surface area contributed by atoms with Gasteiger partial charge < -0.3 is 10.6 Å². The Bertz CT molecular complexity index is 536. The summed E-state index contributed by atoms with van der Waals surface area (Å²) in [6.07, 6.45) is 3.01. The molecule has 0 aliphatic heterocycles. The fourth-order valence-corrected chi connectivity index (χ4v) is 2.18. The number of benzene rings is 1. The second kappa shape index (κ2) is 5.25. The lowest BCUT2D eigenvalue weighted by Gasteiger charge is -2.24. The number of hydrogen-bond donors (Lipinski definition) is 1. The first kappa shape index (κ1) is 12.7. The number of aromatic nitrogens is 1. The zero-order valence-electron chi connectivity index (χ0n) is 11.4. The molecule has 1 unspecified atom stereocenters. The second-order valence-electron chi connectivity index (χ2n) is 4.97. The first-order valence-corrected chi connectivity index (χ1v) is 6.47. The van der Waals surface area contributed by atoms with Gasteiger partial charge in [0.05, 0.1) is 11.2 Å². The summed E-state index contributed by atoms with van der Waals surface area (Å²) in [7, 11) is 2.12. The predicted octanol–water partition coefficient (Wildman–Crippen LogP) is 3.30. The van der Waals surface area contributed by atoms with E-state index < -0.39 is 0 Å². The van der Waals surface area contributed by atoms with E-state index in [0.29, 0.717) is 5.92 Å². The summed E-state index contributed by atoms with van der Waals surface area (Å²) in [5.41, 5.74) is 8.93. The summed E-state index contributed by atoms with van der Waals surface area (Å²) in [6.45, 7) is 5.52. The van der Waals surface area contributed by atoms with E-state index in [0.717, 1.165) is 28.8 Å². The van der Waals surface area contributed by atoms with Gasteiger partial charge in [-0.1, -0.05) is 20.3 Å². The van der Waals surface area contributed by atoms with Crippen LogP contribution in [-0.2, 0) is 0 Å². The standard InChI is InChI=1S/C15H21N3/c1-4-11(2)10-18(3)14-8-7-13(16)12-6-5-9-17-15(12)14/h5-9,11H,4,10,16H2,1-3H3. The average molecular weight is 243 g/mol. The molecule has 2 N–H and O–H groups in total. The maximum absolute atomic E-state index is 5.99. The Hall–Kier alpha value is -1.77. The van der Waals surface area contributed by atoms with Crippen LogP contribution in [0.2, 0.25) is 0 Å². The molecule has 0 saturated heterocycles. The average Bonchev–Trinajstić information content (AvgIpc) is 2.39. The van der Waals surface area contributed by atoms with Gasteiger partial charge in [0.1, 0.15) is 0 Å². The Morgan fingerprint density at radius 3 is 2.83 bits per heavy atom. The van der Waals surface area contributed by atoms with Gasteiger partial charge in [-0.15, -0.1) is 0 Å². The van der Waals surface area contributed by atoms with E-state index >= 15 is 0 Å². The Morgan fingerprint density at radius 1 is 1.33 bits per heavy atom. The monoisotopic (exact) mass is 243 g/mol. The number of nitrogen functional groups attached to an aromatic ring is 1. The number of nitrogens with zero attached hydrogens (tertiary/aromatic N) is 2. The van der Waals surface area contributed by atoms with E-state index in [2.05, 4.69) is 36.8 Å². The highest BCUT2D eigenvalue weighted by Crippen LogP contribution is 2.28. The first-order chi connectivity index (χ1) is 8.63. The second-order valence-corrected chi connectivity index (χ2v) is 4.97. The smallest absolute Gasteiger partial charge is 0.0955 e. The summed E-state index contributed by atoms with van der Waals surface area (Å²) < 4.78 is 0. The molecule has 1 heterocycles. The van der Waals surface area contributed by atoms with E-state index in [1.165, 1.54) is 6.42 Å². The Labute approximate surface area is 109 Å². The van der Waals surface area contributed by atoms with Crippen LogP contribution in [0.5, 0.6) is 0 Å². The van der Waals surface area contributed by atoms with E-state index in [1.54, 1.807) is 0 Å². The van der Waals surface area contributed by atoms with Gasteiger partial charge in [0.2, 0.25) is 0 Å². The highest BCUT2D eigenvalue weighted by molar-refractivity contribution is 5.98. The molecule has 0 saturated carbocycles. The van der Waals surface area contributed by atoms with Crippen molar-refractivity contribution in [3.05, 3.63) is 30.5 Å². The van der Waals surface area contributed by atoms with Crippen LogP contribution >= 0.6 is 0 Å². The van der Waals surface area contributed by atoms with Crippen molar-refractivity contribution in [3.8, 4) is 0 Å². The Kier molecular flexibility index (Phi) is 3.70. The maximum atomic E-state index is 5.99. The molecular weight excluding hydrogens is 222 g/mol. The minimum Gasteiger partial charge on any atom is -0.398 e. The van der Waals surface area contributed by atoms with Crippen molar-refractivity contribution in [2.24, 2.45) is 5.92 Å². The lowest BCUT2D eigenvalue weighted by atomic mass is 10.1. The van der Waals surface area contributed by atoms with Gasteiger partial charge in [-0.3, -0.25) is 4.98 Å². The van der Waals surface area contributed by atoms with E-state index in [4.69, 9.17) is 5.73 Å². The molecule has 1 aromatic heterocycles. The highest BCUT2D eigenvalue weighted by atomic mass is 15.1. The number of pyridine rings is 1. The summed E-state index contributed by atoms with van der Waals surface area (Å²) in [5.74, 6) is 0.673. The molecule has 96 valence electrons. The van der Waals surface area contributed by atoms with Crippen molar-refractivity contribution in [1.29, 1.82) is 0 Å². The number of nitrogens with two attached hydrogens (primary N) is 1. The maximum Gasteiger partial charge on any atom is 0.0955 e. The normalized spacial score (nSPS) is 12.6. The summed E-state index contributed by atoms with van der Waals surface area (Å²) in [4.78, 5) is 6.74. The molecule has 3 nitrogen and oxygen atoms in total. The third-order valence-corrected chi connectivity index (χ3v) is 3.48. The van der Waals surface area contributed by atoms with Crippen LogP contribution in [0.25, 0.3) is 10.9 Å². The fraction of sp³-hybridized carbons (Fsp3) is 0.400. The third kappa shape index (κ3) is 2.40. The van der Waals surface area contributed by atoms with Crippen LogP contribution in [0.3, 0.4) is 0 Å². The van der Waals surface area contributed by atoms with Crippen LogP contribution in [0.1, 0.15) is 20.3 Å². The van der Waals surface area contributed by atoms with Gasteiger partial charge in [0.15, 0.2) is 0 Å². The van der Waals surface area contributed by atoms with Crippen LogP contribution in [0, 0.1) is 5.92 Å². The molecule has 1 atom stereocenters. The molecule has 18 heavy (non-hydrogen) atoms.